The second kappa shape index (κ2) is 6.30. The zero-order chi connectivity index (χ0) is 13.9. The Morgan fingerprint density at radius 1 is 1.15 bits per heavy atom. The summed E-state index contributed by atoms with van der Waals surface area (Å²) in [5.41, 5.74) is 3.95. The minimum atomic E-state index is 0.623. The molecule has 1 aliphatic heterocycles. The van der Waals surface area contributed by atoms with Crippen LogP contribution in [0.15, 0.2) is 0 Å². The van der Waals surface area contributed by atoms with Crippen molar-refractivity contribution in [2.75, 3.05) is 13.1 Å². The first-order valence-electron chi connectivity index (χ1n) is 8.51. The minimum absolute atomic E-state index is 0.623. The largest absolute Gasteiger partial charge is 0.296 e. The van der Waals surface area contributed by atoms with Gasteiger partial charge in [-0.05, 0) is 58.5 Å². The summed E-state index contributed by atoms with van der Waals surface area (Å²) in [6.07, 6.45) is 11.4. The van der Waals surface area contributed by atoms with Crippen molar-refractivity contribution in [3.8, 4) is 0 Å². The number of hydrogen-bond acceptors (Lipinski definition) is 2. The molecular weight excluding hydrogens is 246 g/mol. The zero-order valence-corrected chi connectivity index (χ0v) is 13.1. The van der Waals surface area contributed by atoms with Gasteiger partial charge in [-0.3, -0.25) is 10.00 Å². The third-order valence-electron chi connectivity index (χ3n) is 5.41. The van der Waals surface area contributed by atoms with Crippen molar-refractivity contribution in [3.05, 3.63) is 17.0 Å². The fraction of sp³-hybridized carbons (Fsp3) is 0.824. The van der Waals surface area contributed by atoms with E-state index in [1.54, 1.807) is 0 Å². The second-order valence-corrected chi connectivity index (χ2v) is 6.83. The Morgan fingerprint density at radius 3 is 2.65 bits per heavy atom. The van der Waals surface area contributed by atoms with E-state index >= 15 is 0 Å². The van der Waals surface area contributed by atoms with Crippen LogP contribution in [-0.4, -0.2) is 28.2 Å². The van der Waals surface area contributed by atoms with Crippen molar-refractivity contribution in [2.24, 2.45) is 5.92 Å². The molecule has 1 saturated heterocycles. The highest BCUT2D eigenvalue weighted by Gasteiger charge is 2.29. The quantitative estimate of drug-likeness (QED) is 0.876. The van der Waals surface area contributed by atoms with Crippen LogP contribution in [0.2, 0.25) is 0 Å². The lowest BCUT2D eigenvalue weighted by molar-refractivity contribution is 0.244. The highest BCUT2D eigenvalue weighted by molar-refractivity contribution is 5.28. The Morgan fingerprint density at radius 2 is 1.95 bits per heavy atom. The third kappa shape index (κ3) is 2.93. The number of rotatable bonds is 5. The van der Waals surface area contributed by atoms with Gasteiger partial charge in [0, 0.05) is 17.3 Å². The zero-order valence-electron chi connectivity index (χ0n) is 13.1. The van der Waals surface area contributed by atoms with Crippen LogP contribution in [0, 0.1) is 19.8 Å². The topological polar surface area (TPSA) is 31.9 Å². The first-order valence-corrected chi connectivity index (χ1v) is 8.51. The van der Waals surface area contributed by atoms with Gasteiger partial charge in [0.2, 0.25) is 0 Å². The van der Waals surface area contributed by atoms with Crippen molar-refractivity contribution in [1.29, 1.82) is 0 Å². The maximum absolute atomic E-state index is 4.39. The lowest BCUT2D eigenvalue weighted by atomic mass is 10.00. The molecule has 112 valence electrons. The van der Waals surface area contributed by atoms with Gasteiger partial charge < -0.3 is 0 Å². The second-order valence-electron chi connectivity index (χ2n) is 6.83. The maximum atomic E-state index is 4.39. The molecule has 2 heterocycles. The number of nitrogens with one attached hydrogen (secondary N) is 1. The Bertz CT molecular complexity index is 412. The van der Waals surface area contributed by atoms with Gasteiger partial charge >= 0.3 is 0 Å². The number of aromatic nitrogens is 2. The Labute approximate surface area is 123 Å². The van der Waals surface area contributed by atoms with Crippen molar-refractivity contribution in [2.45, 2.75) is 71.3 Å². The molecule has 0 bridgehead atoms. The summed E-state index contributed by atoms with van der Waals surface area (Å²) in [4.78, 5) is 2.71. The first-order chi connectivity index (χ1) is 9.75. The molecule has 1 unspecified atom stereocenters. The fourth-order valence-electron chi connectivity index (χ4n) is 4.35. The molecule has 0 radical (unpaired) electrons. The van der Waals surface area contributed by atoms with Gasteiger partial charge in [-0.15, -0.1) is 0 Å². The normalized spacial score (nSPS) is 24.8. The average molecular weight is 275 g/mol. The fourth-order valence-corrected chi connectivity index (χ4v) is 4.35. The Kier molecular flexibility index (Phi) is 4.45. The lowest BCUT2D eigenvalue weighted by Gasteiger charge is -2.25. The van der Waals surface area contributed by atoms with Crippen molar-refractivity contribution >= 4 is 0 Å². The van der Waals surface area contributed by atoms with Crippen LogP contribution in [0.25, 0.3) is 0 Å². The summed E-state index contributed by atoms with van der Waals surface area (Å²) in [5, 5.41) is 7.55. The number of H-pyrrole nitrogens is 1. The van der Waals surface area contributed by atoms with Crippen LogP contribution in [0.1, 0.15) is 74.4 Å². The third-order valence-corrected chi connectivity index (χ3v) is 5.41. The summed E-state index contributed by atoms with van der Waals surface area (Å²) in [5.74, 6) is 1.04. The maximum Gasteiger partial charge on any atom is 0.0641 e. The van der Waals surface area contributed by atoms with E-state index in [-0.39, 0.29) is 0 Å². The number of aromatic amines is 1. The molecule has 2 aliphatic rings. The molecule has 1 aliphatic carbocycles. The van der Waals surface area contributed by atoms with E-state index in [0.29, 0.717) is 6.04 Å². The van der Waals surface area contributed by atoms with E-state index in [9.17, 15) is 0 Å². The van der Waals surface area contributed by atoms with Gasteiger partial charge in [0.25, 0.3) is 0 Å². The van der Waals surface area contributed by atoms with Gasteiger partial charge in [0.05, 0.1) is 5.69 Å². The molecular formula is C17H29N3. The van der Waals surface area contributed by atoms with E-state index in [0.717, 1.165) is 5.92 Å². The van der Waals surface area contributed by atoms with Gasteiger partial charge in [0.15, 0.2) is 0 Å². The molecule has 1 saturated carbocycles. The predicted octanol–water partition coefficient (Wildman–Crippen LogP) is 4.13. The summed E-state index contributed by atoms with van der Waals surface area (Å²) >= 11 is 0. The van der Waals surface area contributed by atoms with Crippen molar-refractivity contribution in [1.82, 2.24) is 15.1 Å². The summed E-state index contributed by atoms with van der Waals surface area (Å²) in [6.45, 7) is 6.88. The van der Waals surface area contributed by atoms with Crippen molar-refractivity contribution < 1.29 is 0 Å². The molecule has 3 rings (SSSR count). The molecule has 1 aromatic rings. The van der Waals surface area contributed by atoms with E-state index in [1.165, 1.54) is 81.4 Å². The Hall–Kier alpha value is -0.830. The van der Waals surface area contributed by atoms with Gasteiger partial charge in [0.1, 0.15) is 0 Å². The smallest absolute Gasteiger partial charge is 0.0641 e. The minimum Gasteiger partial charge on any atom is -0.296 e. The molecule has 0 amide bonds. The standard InChI is InChI=1S/C17H29N3/c1-13-17(14(2)19-18-13)16-10-6-12-20(16)11-5-9-15-7-3-4-8-15/h15-16H,3-12H2,1-2H3,(H,18,19). The van der Waals surface area contributed by atoms with Crippen LogP contribution in [-0.2, 0) is 0 Å². The van der Waals surface area contributed by atoms with Crippen LogP contribution in [0.4, 0.5) is 0 Å². The molecule has 0 spiro atoms. The molecule has 3 nitrogen and oxygen atoms in total. The van der Waals surface area contributed by atoms with E-state index in [1.807, 2.05) is 0 Å². The summed E-state index contributed by atoms with van der Waals surface area (Å²) in [6, 6.07) is 0.623. The molecule has 1 atom stereocenters. The number of aryl methyl sites for hydroxylation is 2. The molecule has 2 fully saturated rings. The molecule has 1 aromatic heterocycles. The summed E-state index contributed by atoms with van der Waals surface area (Å²) in [7, 11) is 0. The average Bonchev–Trinajstić information content (AvgIpc) is 3.13. The lowest BCUT2D eigenvalue weighted by Crippen LogP contribution is -2.25. The van der Waals surface area contributed by atoms with E-state index < -0.39 is 0 Å². The molecule has 20 heavy (non-hydrogen) atoms. The predicted molar refractivity (Wildman–Crippen MR) is 82.8 cm³/mol. The van der Waals surface area contributed by atoms with E-state index in [2.05, 4.69) is 28.9 Å². The Balaban J connectivity index is 1.55. The summed E-state index contributed by atoms with van der Waals surface area (Å²) < 4.78 is 0. The first kappa shape index (κ1) is 14.1. The molecule has 1 N–H and O–H groups in total. The van der Waals surface area contributed by atoms with E-state index in [4.69, 9.17) is 0 Å². The van der Waals surface area contributed by atoms with Crippen LogP contribution in [0.5, 0.6) is 0 Å². The van der Waals surface area contributed by atoms with Crippen LogP contribution in [0.3, 0.4) is 0 Å². The number of nitrogens with zero attached hydrogens (tertiary/aromatic N) is 2. The molecule has 0 aromatic carbocycles. The SMILES string of the molecule is Cc1n[nH]c(C)c1C1CCCN1CCCC1CCCC1. The van der Waals surface area contributed by atoms with Gasteiger partial charge in [-0.1, -0.05) is 25.7 Å². The van der Waals surface area contributed by atoms with Gasteiger partial charge in [-0.2, -0.15) is 5.10 Å². The highest BCUT2D eigenvalue weighted by Crippen LogP contribution is 2.35. The van der Waals surface area contributed by atoms with Crippen molar-refractivity contribution in [3.63, 3.8) is 0 Å². The van der Waals surface area contributed by atoms with Crippen LogP contribution >= 0.6 is 0 Å². The molecule has 3 heteroatoms. The van der Waals surface area contributed by atoms with Gasteiger partial charge in [-0.25, -0.2) is 0 Å². The number of hydrogen-bond donors (Lipinski definition) is 1. The monoisotopic (exact) mass is 275 g/mol. The highest BCUT2D eigenvalue weighted by atomic mass is 15.2. The number of likely N-dealkylation sites (tertiary alicyclic amines) is 1. The van der Waals surface area contributed by atoms with Crippen LogP contribution < -0.4 is 0 Å².